The van der Waals surface area contributed by atoms with Crippen LogP contribution in [0.5, 0.6) is 0 Å². The molecule has 4 heterocycles. The van der Waals surface area contributed by atoms with E-state index in [4.69, 9.17) is 0 Å². The van der Waals surface area contributed by atoms with Gasteiger partial charge >= 0.3 is 0 Å². The minimum Gasteiger partial charge on any atom is -0.346 e. The molecule has 0 spiro atoms. The van der Waals surface area contributed by atoms with Crippen molar-refractivity contribution in [1.82, 2.24) is 19.6 Å². The number of hydrogen-bond donors (Lipinski definition) is 1. The molecule has 1 fully saturated rings. The topological polar surface area (TPSA) is 49.7 Å². The molecule has 4 rings (SSSR count). The van der Waals surface area contributed by atoms with Gasteiger partial charge in [-0.15, -0.1) is 0 Å². The molecule has 0 aromatic carbocycles. The van der Waals surface area contributed by atoms with Gasteiger partial charge in [0.1, 0.15) is 23.0 Å². The number of nitrogens with one attached hydrogen (secondary N) is 1. The fraction of sp³-hybridized carbons (Fsp3) is 0.429. The molecule has 0 amide bonds. The lowest BCUT2D eigenvalue weighted by Crippen LogP contribution is -2.38. The number of fused-ring (bicyclic) bond motifs is 3. The summed E-state index contributed by atoms with van der Waals surface area (Å²) in [6.45, 7) is 3.37. The number of nitrogens with zero attached hydrogens (tertiary/aromatic N) is 4. The number of imidazole rings is 1. The van der Waals surface area contributed by atoms with Crippen molar-refractivity contribution in [2.75, 3.05) is 11.6 Å². The van der Waals surface area contributed by atoms with Crippen LogP contribution in [0.15, 0.2) is 24.8 Å². The van der Waals surface area contributed by atoms with Crippen LogP contribution in [0.2, 0.25) is 0 Å². The van der Waals surface area contributed by atoms with E-state index < -0.39 is 0 Å². The van der Waals surface area contributed by atoms with E-state index in [1.54, 1.807) is 0 Å². The van der Waals surface area contributed by atoms with E-state index in [-0.39, 0.29) is 0 Å². The lowest BCUT2D eigenvalue weighted by atomic mass is 10.2. The van der Waals surface area contributed by atoms with E-state index in [2.05, 4.69) is 37.6 Å². The number of aromatic nitrogens is 4. The van der Waals surface area contributed by atoms with Crippen LogP contribution in [0, 0.1) is 0 Å². The van der Waals surface area contributed by atoms with E-state index in [1.807, 2.05) is 18.7 Å². The maximum absolute atomic E-state index is 4.51. The third kappa shape index (κ3) is 1.47. The minimum absolute atomic E-state index is 0.625. The van der Waals surface area contributed by atoms with Gasteiger partial charge in [-0.05, 0) is 25.3 Å². The van der Waals surface area contributed by atoms with Crippen molar-refractivity contribution >= 4 is 22.1 Å². The van der Waals surface area contributed by atoms with Crippen molar-refractivity contribution in [2.45, 2.75) is 32.2 Å². The highest BCUT2D eigenvalue weighted by Crippen LogP contribution is 2.26. The first-order chi connectivity index (χ1) is 9.38. The molecule has 0 radical (unpaired) electrons. The van der Waals surface area contributed by atoms with Crippen LogP contribution in [0.25, 0.3) is 22.1 Å². The summed E-state index contributed by atoms with van der Waals surface area (Å²) >= 11 is 0. The third-order valence-corrected chi connectivity index (χ3v) is 4.17. The molecule has 1 aliphatic heterocycles. The van der Waals surface area contributed by atoms with Gasteiger partial charge in [0, 0.05) is 24.2 Å². The van der Waals surface area contributed by atoms with Crippen molar-refractivity contribution in [2.24, 2.45) is 0 Å². The standard InChI is InChI=1S/C14H17N5/c1-2-10-4-3-7-18(10)19-9-17-12-8-16-14-11(13(12)19)5-6-15-14/h5-6,8-10H,2-4,7H2,1H3,(H,15,16)/t10-/m1/s1. The average Bonchev–Trinajstić information content (AvgIpc) is 3.15. The summed E-state index contributed by atoms with van der Waals surface area (Å²) in [6.07, 6.45) is 9.45. The molecule has 3 aromatic rings. The van der Waals surface area contributed by atoms with Gasteiger partial charge < -0.3 is 9.99 Å². The zero-order valence-electron chi connectivity index (χ0n) is 11.0. The quantitative estimate of drug-likeness (QED) is 0.765. The number of hydrogen-bond acceptors (Lipinski definition) is 3. The number of H-pyrrole nitrogens is 1. The predicted molar refractivity (Wildman–Crippen MR) is 75.8 cm³/mol. The van der Waals surface area contributed by atoms with Crippen LogP contribution in [-0.4, -0.2) is 32.2 Å². The Bertz CT molecular complexity index is 726. The van der Waals surface area contributed by atoms with Crippen molar-refractivity contribution < 1.29 is 0 Å². The summed E-state index contributed by atoms with van der Waals surface area (Å²) in [7, 11) is 0. The summed E-state index contributed by atoms with van der Waals surface area (Å²) in [5.74, 6) is 0. The van der Waals surface area contributed by atoms with Crippen LogP contribution in [0.4, 0.5) is 0 Å². The fourth-order valence-electron chi connectivity index (χ4n) is 3.21. The molecule has 98 valence electrons. The second-order valence-corrected chi connectivity index (χ2v) is 5.19. The molecule has 5 heteroatoms. The summed E-state index contributed by atoms with van der Waals surface area (Å²) in [5, 5.41) is 3.60. The first-order valence-electron chi connectivity index (χ1n) is 6.94. The van der Waals surface area contributed by atoms with Gasteiger partial charge in [-0.3, -0.25) is 0 Å². The Morgan fingerprint density at radius 1 is 1.42 bits per heavy atom. The molecule has 1 saturated heterocycles. The Kier molecular flexibility index (Phi) is 2.27. The monoisotopic (exact) mass is 255 g/mol. The molecule has 0 aliphatic carbocycles. The average molecular weight is 255 g/mol. The van der Waals surface area contributed by atoms with Gasteiger partial charge in [-0.2, -0.15) is 0 Å². The summed E-state index contributed by atoms with van der Waals surface area (Å²) < 4.78 is 2.23. The molecule has 1 aliphatic rings. The van der Waals surface area contributed by atoms with Crippen molar-refractivity contribution in [3.05, 3.63) is 24.8 Å². The Hall–Kier alpha value is -2.04. The Labute approximate surface area is 111 Å². The van der Waals surface area contributed by atoms with Gasteiger partial charge in [0.05, 0.1) is 6.20 Å². The lowest BCUT2D eigenvalue weighted by Gasteiger charge is -2.27. The largest absolute Gasteiger partial charge is 0.346 e. The highest BCUT2D eigenvalue weighted by atomic mass is 15.6. The molecule has 0 unspecified atom stereocenters. The molecule has 19 heavy (non-hydrogen) atoms. The maximum Gasteiger partial charge on any atom is 0.139 e. The Morgan fingerprint density at radius 2 is 2.37 bits per heavy atom. The second-order valence-electron chi connectivity index (χ2n) is 5.19. The lowest BCUT2D eigenvalue weighted by molar-refractivity contribution is 0.537. The van der Waals surface area contributed by atoms with Crippen molar-refractivity contribution in [3.63, 3.8) is 0 Å². The van der Waals surface area contributed by atoms with Crippen LogP contribution in [0.1, 0.15) is 26.2 Å². The summed E-state index contributed by atoms with van der Waals surface area (Å²) in [4.78, 5) is 12.1. The van der Waals surface area contributed by atoms with E-state index >= 15 is 0 Å². The Morgan fingerprint density at radius 3 is 3.26 bits per heavy atom. The number of aromatic amines is 1. The smallest absolute Gasteiger partial charge is 0.139 e. The Balaban J connectivity index is 1.96. The van der Waals surface area contributed by atoms with Gasteiger partial charge in [0.15, 0.2) is 0 Å². The van der Waals surface area contributed by atoms with Crippen molar-refractivity contribution in [3.8, 4) is 0 Å². The highest BCUT2D eigenvalue weighted by molar-refractivity contribution is 6.01. The highest BCUT2D eigenvalue weighted by Gasteiger charge is 2.25. The molecule has 1 atom stereocenters. The van der Waals surface area contributed by atoms with Crippen LogP contribution < -0.4 is 5.01 Å². The third-order valence-electron chi connectivity index (χ3n) is 4.17. The number of pyridine rings is 1. The first-order valence-corrected chi connectivity index (χ1v) is 6.94. The van der Waals surface area contributed by atoms with Gasteiger partial charge in [0.2, 0.25) is 0 Å². The van der Waals surface area contributed by atoms with Gasteiger partial charge in [-0.1, -0.05) is 6.92 Å². The molecular weight excluding hydrogens is 238 g/mol. The first kappa shape index (κ1) is 10.8. The van der Waals surface area contributed by atoms with Crippen molar-refractivity contribution in [1.29, 1.82) is 0 Å². The molecular formula is C14H17N5. The number of rotatable bonds is 2. The van der Waals surface area contributed by atoms with Gasteiger partial charge in [0.25, 0.3) is 0 Å². The van der Waals surface area contributed by atoms with E-state index in [0.717, 1.165) is 23.1 Å². The van der Waals surface area contributed by atoms with Gasteiger partial charge in [-0.25, -0.2) is 14.6 Å². The van der Waals surface area contributed by atoms with Crippen LogP contribution in [-0.2, 0) is 0 Å². The molecule has 0 bridgehead atoms. The molecule has 1 N–H and O–H groups in total. The summed E-state index contributed by atoms with van der Waals surface area (Å²) in [5.41, 5.74) is 3.07. The maximum atomic E-state index is 4.51. The van der Waals surface area contributed by atoms with Crippen LogP contribution >= 0.6 is 0 Å². The summed E-state index contributed by atoms with van der Waals surface area (Å²) in [6, 6.07) is 2.71. The van der Waals surface area contributed by atoms with E-state index in [9.17, 15) is 0 Å². The van der Waals surface area contributed by atoms with Crippen LogP contribution in [0.3, 0.4) is 0 Å². The van der Waals surface area contributed by atoms with E-state index in [1.165, 1.54) is 24.8 Å². The zero-order valence-corrected chi connectivity index (χ0v) is 11.0. The predicted octanol–water partition coefficient (Wildman–Crippen LogP) is 2.42. The molecule has 5 nitrogen and oxygen atoms in total. The fourth-order valence-corrected chi connectivity index (χ4v) is 3.21. The SMILES string of the molecule is CC[C@@H]1CCCN1n1cnc2cnc3[nH]ccc3c21. The normalized spacial score (nSPS) is 19.8. The molecule has 0 saturated carbocycles. The zero-order chi connectivity index (χ0) is 12.8. The second kappa shape index (κ2) is 3.98. The van der Waals surface area contributed by atoms with E-state index in [0.29, 0.717) is 6.04 Å². The molecule has 3 aromatic heterocycles. The minimum atomic E-state index is 0.625.